The van der Waals surface area contributed by atoms with Gasteiger partial charge in [0.05, 0.1) is 11.6 Å². The molecule has 0 fully saturated rings. The average molecular weight is 288 g/mol. The summed E-state index contributed by atoms with van der Waals surface area (Å²) in [5, 5.41) is 8.29. The fraction of sp³-hybridized carbons (Fsp3) is 0.333. The second-order valence-corrected chi connectivity index (χ2v) is 5.06. The Morgan fingerprint density at radius 3 is 2.61 bits per heavy atom. The first-order valence-electron chi connectivity index (χ1n) is 5.51. The van der Waals surface area contributed by atoms with Crippen LogP contribution >= 0.6 is 23.2 Å². The number of nitrogens with zero attached hydrogens (tertiary/aromatic N) is 3. The van der Waals surface area contributed by atoms with Crippen molar-refractivity contribution in [3.05, 3.63) is 45.7 Å². The summed E-state index contributed by atoms with van der Waals surface area (Å²) in [4.78, 5) is 0. The van der Waals surface area contributed by atoms with Crippen LogP contribution in [0, 0.1) is 5.82 Å². The molecule has 2 rings (SSSR count). The first-order chi connectivity index (χ1) is 8.49. The topological polar surface area (TPSA) is 30.7 Å². The molecule has 1 heterocycles. The fourth-order valence-electron chi connectivity index (χ4n) is 1.69. The van der Waals surface area contributed by atoms with Crippen LogP contribution in [0.4, 0.5) is 4.39 Å². The minimum atomic E-state index is -0.431. The molecule has 0 aliphatic rings. The maximum absolute atomic E-state index is 13.1. The van der Waals surface area contributed by atoms with Gasteiger partial charge >= 0.3 is 0 Å². The first kappa shape index (κ1) is 13.3. The zero-order chi connectivity index (χ0) is 13.3. The number of aromatic nitrogens is 3. The summed E-state index contributed by atoms with van der Waals surface area (Å²) in [5.41, 5.74) is 0.852. The van der Waals surface area contributed by atoms with Crippen molar-refractivity contribution in [1.82, 2.24) is 14.8 Å². The smallest absolute Gasteiger partial charge is 0.225 e. The van der Waals surface area contributed by atoms with Crippen molar-refractivity contribution in [3.63, 3.8) is 0 Å². The Balaban J connectivity index is 2.33. The third-order valence-electron chi connectivity index (χ3n) is 2.58. The minimum absolute atomic E-state index is 0.0998. The maximum atomic E-state index is 13.1. The van der Waals surface area contributed by atoms with E-state index in [9.17, 15) is 4.39 Å². The van der Waals surface area contributed by atoms with Gasteiger partial charge in [-0.3, -0.25) is 4.57 Å². The quantitative estimate of drug-likeness (QED) is 0.857. The van der Waals surface area contributed by atoms with Gasteiger partial charge in [-0.25, -0.2) is 4.39 Å². The van der Waals surface area contributed by atoms with Crippen LogP contribution in [0.5, 0.6) is 0 Å². The van der Waals surface area contributed by atoms with Crippen LogP contribution in [0.1, 0.15) is 31.2 Å². The van der Waals surface area contributed by atoms with Crippen LogP contribution in [0.3, 0.4) is 0 Å². The van der Waals surface area contributed by atoms with Gasteiger partial charge in [0.25, 0.3) is 0 Å². The lowest BCUT2D eigenvalue weighted by molar-refractivity contribution is 0.625. The summed E-state index contributed by atoms with van der Waals surface area (Å²) in [5.74, 6) is 0.570. The molecule has 1 aromatic heterocycles. The zero-order valence-electron chi connectivity index (χ0n) is 9.99. The highest BCUT2D eigenvalue weighted by Crippen LogP contribution is 2.21. The summed E-state index contributed by atoms with van der Waals surface area (Å²) in [6.07, 6.45) is 0. The molecule has 0 bridgehead atoms. The highest BCUT2D eigenvalue weighted by atomic mass is 35.5. The predicted octanol–water partition coefficient (Wildman–Crippen LogP) is 3.90. The Bertz CT molecular complexity index is 566. The number of benzene rings is 1. The predicted molar refractivity (Wildman–Crippen MR) is 69.6 cm³/mol. The number of hydrogen-bond donors (Lipinski definition) is 0. The summed E-state index contributed by atoms with van der Waals surface area (Å²) in [6.45, 7) is 4.49. The van der Waals surface area contributed by atoms with E-state index in [0.29, 0.717) is 11.8 Å². The minimum Gasteiger partial charge on any atom is -0.297 e. The van der Waals surface area contributed by atoms with Crippen molar-refractivity contribution in [2.45, 2.75) is 26.3 Å². The number of halogens is 3. The van der Waals surface area contributed by atoms with Gasteiger partial charge in [-0.1, -0.05) is 31.5 Å². The molecule has 6 heteroatoms. The third kappa shape index (κ3) is 2.65. The summed E-state index contributed by atoms with van der Waals surface area (Å²) in [7, 11) is 0. The van der Waals surface area contributed by atoms with E-state index in [1.54, 1.807) is 16.7 Å². The summed E-state index contributed by atoms with van der Waals surface area (Å²) in [6, 6.07) is 4.59. The maximum Gasteiger partial charge on any atom is 0.225 e. The normalized spacial score (nSPS) is 11.2. The standard InChI is InChI=1S/C12H12Cl2FN3/c1-7(2)11-16-17-12(14)18(11)6-8-3-4-10(15)9(13)5-8/h3-5,7H,6H2,1-2H3. The molecule has 0 N–H and O–H groups in total. The molecular weight excluding hydrogens is 276 g/mol. The highest BCUT2D eigenvalue weighted by molar-refractivity contribution is 6.30. The van der Waals surface area contributed by atoms with E-state index in [2.05, 4.69) is 10.2 Å². The van der Waals surface area contributed by atoms with Crippen LogP contribution < -0.4 is 0 Å². The lowest BCUT2D eigenvalue weighted by atomic mass is 10.2. The van der Waals surface area contributed by atoms with Gasteiger partial charge < -0.3 is 0 Å². The van der Waals surface area contributed by atoms with Crippen LogP contribution in [-0.2, 0) is 6.54 Å². The number of hydrogen-bond acceptors (Lipinski definition) is 2. The molecule has 18 heavy (non-hydrogen) atoms. The van der Waals surface area contributed by atoms with E-state index in [0.717, 1.165) is 11.4 Å². The second-order valence-electron chi connectivity index (χ2n) is 4.32. The van der Waals surface area contributed by atoms with Gasteiger partial charge in [0, 0.05) is 5.92 Å². The Labute approximate surface area is 115 Å². The van der Waals surface area contributed by atoms with Crippen molar-refractivity contribution < 1.29 is 4.39 Å². The molecule has 0 saturated heterocycles. The molecular formula is C12H12Cl2FN3. The average Bonchev–Trinajstić information content (AvgIpc) is 2.66. The molecule has 0 aliphatic carbocycles. The van der Waals surface area contributed by atoms with E-state index in [1.807, 2.05) is 13.8 Å². The molecule has 96 valence electrons. The first-order valence-corrected chi connectivity index (χ1v) is 6.27. The van der Waals surface area contributed by atoms with Crippen LogP contribution in [0.25, 0.3) is 0 Å². The van der Waals surface area contributed by atoms with Crippen molar-refractivity contribution in [2.75, 3.05) is 0 Å². The van der Waals surface area contributed by atoms with Crippen molar-refractivity contribution in [1.29, 1.82) is 0 Å². The lowest BCUT2D eigenvalue weighted by Gasteiger charge is -2.10. The lowest BCUT2D eigenvalue weighted by Crippen LogP contribution is -2.07. The van der Waals surface area contributed by atoms with Gasteiger partial charge in [-0.15, -0.1) is 10.2 Å². The zero-order valence-corrected chi connectivity index (χ0v) is 11.5. The molecule has 0 radical (unpaired) electrons. The van der Waals surface area contributed by atoms with Crippen molar-refractivity contribution in [2.24, 2.45) is 0 Å². The third-order valence-corrected chi connectivity index (χ3v) is 3.14. The van der Waals surface area contributed by atoms with Gasteiger partial charge in [0.1, 0.15) is 11.6 Å². The van der Waals surface area contributed by atoms with Crippen molar-refractivity contribution >= 4 is 23.2 Å². The van der Waals surface area contributed by atoms with E-state index >= 15 is 0 Å². The fourth-order valence-corrected chi connectivity index (χ4v) is 2.08. The van der Waals surface area contributed by atoms with E-state index in [1.165, 1.54) is 6.07 Å². The van der Waals surface area contributed by atoms with E-state index in [4.69, 9.17) is 23.2 Å². The van der Waals surface area contributed by atoms with Crippen LogP contribution in [0.2, 0.25) is 10.3 Å². The Morgan fingerprint density at radius 1 is 1.28 bits per heavy atom. The molecule has 0 atom stereocenters. The van der Waals surface area contributed by atoms with Gasteiger partial charge in [0.15, 0.2) is 0 Å². The van der Waals surface area contributed by atoms with Crippen LogP contribution in [-0.4, -0.2) is 14.8 Å². The number of rotatable bonds is 3. The molecule has 3 nitrogen and oxygen atoms in total. The SMILES string of the molecule is CC(C)c1nnc(Cl)n1Cc1ccc(F)c(Cl)c1. The molecule has 0 unspecified atom stereocenters. The van der Waals surface area contributed by atoms with Gasteiger partial charge in [-0.2, -0.15) is 0 Å². The largest absolute Gasteiger partial charge is 0.297 e. The Morgan fingerprint density at radius 2 is 2.00 bits per heavy atom. The molecule has 0 spiro atoms. The Hall–Kier alpha value is -1.13. The van der Waals surface area contributed by atoms with E-state index < -0.39 is 5.82 Å². The summed E-state index contributed by atoms with van der Waals surface area (Å²) >= 11 is 11.7. The molecule has 1 aromatic carbocycles. The molecule has 2 aromatic rings. The highest BCUT2D eigenvalue weighted by Gasteiger charge is 2.14. The molecule has 0 saturated carbocycles. The second kappa shape index (κ2) is 5.24. The van der Waals surface area contributed by atoms with Gasteiger partial charge in [-0.05, 0) is 29.3 Å². The van der Waals surface area contributed by atoms with E-state index in [-0.39, 0.29) is 10.9 Å². The van der Waals surface area contributed by atoms with Crippen molar-refractivity contribution in [3.8, 4) is 0 Å². The molecule has 0 aliphatic heterocycles. The van der Waals surface area contributed by atoms with Gasteiger partial charge in [0.2, 0.25) is 5.28 Å². The summed E-state index contributed by atoms with van der Waals surface area (Å²) < 4.78 is 14.9. The monoisotopic (exact) mass is 287 g/mol. The molecule has 0 amide bonds. The van der Waals surface area contributed by atoms with Crippen LogP contribution in [0.15, 0.2) is 18.2 Å². The Kier molecular flexibility index (Phi) is 3.88.